The fourth-order valence-corrected chi connectivity index (χ4v) is 2.00. The molecule has 0 radical (unpaired) electrons. The Morgan fingerprint density at radius 3 is 2.22 bits per heavy atom. The van der Waals surface area contributed by atoms with Crippen molar-refractivity contribution in [2.45, 2.75) is 60.3 Å². The fourth-order valence-electron chi connectivity index (χ4n) is 2.00. The second kappa shape index (κ2) is 7.78. The molecule has 0 aromatic carbocycles. The van der Waals surface area contributed by atoms with Crippen molar-refractivity contribution >= 4 is 5.97 Å². The zero-order valence-electron chi connectivity index (χ0n) is 13.1. The maximum Gasteiger partial charge on any atom is 0.312 e. The van der Waals surface area contributed by atoms with Gasteiger partial charge in [-0.3, -0.25) is 4.79 Å². The predicted octanol–water partition coefficient (Wildman–Crippen LogP) is 3.38. The van der Waals surface area contributed by atoms with Crippen LogP contribution in [0.25, 0.3) is 0 Å². The number of ether oxygens (including phenoxy) is 1. The van der Waals surface area contributed by atoms with Gasteiger partial charge in [-0.25, -0.2) is 0 Å². The lowest BCUT2D eigenvalue weighted by Crippen LogP contribution is -2.40. The summed E-state index contributed by atoms with van der Waals surface area (Å²) < 4.78 is 4.80. The van der Waals surface area contributed by atoms with Crippen molar-refractivity contribution in [2.24, 2.45) is 10.8 Å². The van der Waals surface area contributed by atoms with Crippen LogP contribution in [-0.4, -0.2) is 26.2 Å². The molecule has 0 amide bonds. The molecule has 108 valence electrons. The van der Waals surface area contributed by atoms with Crippen LogP contribution in [-0.2, 0) is 9.53 Å². The molecule has 0 saturated heterocycles. The molecule has 0 spiro atoms. The van der Waals surface area contributed by atoms with Crippen LogP contribution in [0.3, 0.4) is 0 Å². The zero-order chi connectivity index (χ0) is 14.2. The molecule has 0 aliphatic rings. The van der Waals surface area contributed by atoms with E-state index in [-0.39, 0.29) is 5.97 Å². The number of hydrogen-bond acceptors (Lipinski definition) is 3. The number of methoxy groups -OCH3 is 1. The molecule has 0 atom stereocenters. The summed E-state index contributed by atoms with van der Waals surface area (Å²) in [6.45, 7) is 12.2. The van der Waals surface area contributed by atoms with E-state index in [9.17, 15) is 4.79 Å². The Morgan fingerprint density at radius 2 is 1.72 bits per heavy atom. The molecule has 18 heavy (non-hydrogen) atoms. The number of hydrogen-bond donors (Lipinski definition) is 1. The Bertz CT molecular complexity index is 247. The standard InChI is InChI=1S/C15H31NO2/c1-7-8-9-10-14(2,3)11-16-12-15(4,5)13(17)18-6/h16H,7-12H2,1-6H3. The van der Waals surface area contributed by atoms with Crippen LogP contribution in [0.1, 0.15) is 60.3 Å². The minimum absolute atomic E-state index is 0.154. The minimum atomic E-state index is -0.450. The van der Waals surface area contributed by atoms with Gasteiger partial charge in [-0.15, -0.1) is 0 Å². The highest BCUT2D eigenvalue weighted by Gasteiger charge is 2.29. The van der Waals surface area contributed by atoms with Crippen molar-refractivity contribution in [3.8, 4) is 0 Å². The summed E-state index contributed by atoms with van der Waals surface area (Å²) in [5, 5.41) is 3.41. The third-order valence-electron chi connectivity index (χ3n) is 3.37. The molecule has 0 saturated carbocycles. The zero-order valence-corrected chi connectivity index (χ0v) is 13.1. The molecule has 3 nitrogen and oxygen atoms in total. The van der Waals surface area contributed by atoms with Crippen LogP contribution >= 0.6 is 0 Å². The lowest BCUT2D eigenvalue weighted by Gasteiger charge is -2.28. The summed E-state index contributed by atoms with van der Waals surface area (Å²) >= 11 is 0. The van der Waals surface area contributed by atoms with Gasteiger partial charge in [-0.2, -0.15) is 0 Å². The van der Waals surface area contributed by atoms with E-state index in [1.54, 1.807) is 0 Å². The third kappa shape index (κ3) is 7.00. The van der Waals surface area contributed by atoms with Gasteiger partial charge < -0.3 is 10.1 Å². The minimum Gasteiger partial charge on any atom is -0.469 e. The topological polar surface area (TPSA) is 38.3 Å². The normalized spacial score (nSPS) is 12.6. The number of carbonyl (C=O) groups excluding carboxylic acids is 1. The van der Waals surface area contributed by atoms with Gasteiger partial charge in [0.05, 0.1) is 12.5 Å². The number of nitrogens with one attached hydrogen (secondary N) is 1. The van der Waals surface area contributed by atoms with Gasteiger partial charge in [0.15, 0.2) is 0 Å². The van der Waals surface area contributed by atoms with Gasteiger partial charge in [0.25, 0.3) is 0 Å². The maximum atomic E-state index is 11.5. The molecule has 0 bridgehead atoms. The molecule has 0 heterocycles. The number of carbonyl (C=O) groups is 1. The lowest BCUT2D eigenvalue weighted by molar-refractivity contribution is -0.150. The van der Waals surface area contributed by atoms with Gasteiger partial charge >= 0.3 is 5.97 Å². The molecule has 0 aliphatic carbocycles. The first-order valence-corrected chi connectivity index (χ1v) is 7.04. The van der Waals surface area contributed by atoms with Gasteiger partial charge in [-0.05, 0) is 25.7 Å². The molecule has 0 unspecified atom stereocenters. The maximum absolute atomic E-state index is 11.5. The number of unbranched alkanes of at least 4 members (excludes halogenated alkanes) is 2. The lowest BCUT2D eigenvalue weighted by atomic mass is 9.86. The van der Waals surface area contributed by atoms with E-state index in [2.05, 4.69) is 26.1 Å². The van der Waals surface area contributed by atoms with Crippen LogP contribution in [0.5, 0.6) is 0 Å². The molecule has 0 aromatic heterocycles. The molecule has 3 heteroatoms. The van der Waals surface area contributed by atoms with E-state index < -0.39 is 5.41 Å². The molecule has 0 rings (SSSR count). The number of esters is 1. The highest BCUT2D eigenvalue weighted by atomic mass is 16.5. The van der Waals surface area contributed by atoms with Gasteiger partial charge in [0.2, 0.25) is 0 Å². The molecular formula is C15H31NO2. The molecule has 1 N–H and O–H groups in total. The van der Waals surface area contributed by atoms with Crippen molar-refractivity contribution < 1.29 is 9.53 Å². The number of rotatable bonds is 9. The summed E-state index contributed by atoms with van der Waals surface area (Å²) in [6.07, 6.45) is 5.08. The Labute approximate surface area is 113 Å². The van der Waals surface area contributed by atoms with Crippen molar-refractivity contribution in [3.63, 3.8) is 0 Å². The smallest absolute Gasteiger partial charge is 0.312 e. The SMILES string of the molecule is CCCCCC(C)(C)CNCC(C)(C)C(=O)OC. The molecule has 0 aromatic rings. The molecular weight excluding hydrogens is 226 g/mol. The van der Waals surface area contributed by atoms with Crippen LogP contribution in [0.15, 0.2) is 0 Å². The molecule has 0 fully saturated rings. The van der Waals surface area contributed by atoms with E-state index in [4.69, 9.17) is 4.74 Å². The third-order valence-corrected chi connectivity index (χ3v) is 3.37. The largest absolute Gasteiger partial charge is 0.469 e. The fraction of sp³-hybridized carbons (Fsp3) is 0.933. The second-order valence-electron chi connectivity index (χ2n) is 6.60. The highest BCUT2D eigenvalue weighted by molar-refractivity contribution is 5.76. The average molecular weight is 257 g/mol. The van der Waals surface area contributed by atoms with Crippen LogP contribution in [0.2, 0.25) is 0 Å². The van der Waals surface area contributed by atoms with E-state index in [1.165, 1.54) is 32.8 Å². The first-order chi connectivity index (χ1) is 8.25. The highest BCUT2D eigenvalue weighted by Crippen LogP contribution is 2.23. The van der Waals surface area contributed by atoms with Crippen LogP contribution in [0.4, 0.5) is 0 Å². The summed E-state index contributed by atoms with van der Waals surface area (Å²) in [5.74, 6) is -0.154. The second-order valence-corrected chi connectivity index (χ2v) is 6.60. The summed E-state index contributed by atoms with van der Waals surface area (Å²) in [5.41, 5.74) is -0.157. The summed E-state index contributed by atoms with van der Waals surface area (Å²) in [4.78, 5) is 11.5. The van der Waals surface area contributed by atoms with Crippen molar-refractivity contribution in [1.82, 2.24) is 5.32 Å². The Balaban J connectivity index is 3.98. The van der Waals surface area contributed by atoms with E-state index in [0.29, 0.717) is 12.0 Å². The van der Waals surface area contributed by atoms with Gasteiger partial charge in [-0.1, -0.05) is 40.0 Å². The van der Waals surface area contributed by atoms with Crippen LogP contribution < -0.4 is 5.32 Å². The van der Waals surface area contributed by atoms with E-state index in [1.807, 2.05) is 13.8 Å². The first kappa shape index (κ1) is 17.4. The Kier molecular flexibility index (Phi) is 7.53. The first-order valence-electron chi connectivity index (χ1n) is 7.04. The summed E-state index contributed by atoms with van der Waals surface area (Å²) in [7, 11) is 1.44. The monoisotopic (exact) mass is 257 g/mol. The van der Waals surface area contributed by atoms with Gasteiger partial charge in [0, 0.05) is 13.1 Å². The predicted molar refractivity (Wildman–Crippen MR) is 76.6 cm³/mol. The van der Waals surface area contributed by atoms with Crippen LogP contribution in [0, 0.1) is 10.8 Å². The van der Waals surface area contributed by atoms with E-state index >= 15 is 0 Å². The average Bonchev–Trinajstić information content (AvgIpc) is 2.27. The Hall–Kier alpha value is -0.570. The van der Waals surface area contributed by atoms with Gasteiger partial charge in [0.1, 0.15) is 0 Å². The van der Waals surface area contributed by atoms with Crippen molar-refractivity contribution in [1.29, 1.82) is 0 Å². The molecule has 0 aliphatic heterocycles. The Morgan fingerprint density at radius 1 is 1.11 bits per heavy atom. The quantitative estimate of drug-likeness (QED) is 0.508. The van der Waals surface area contributed by atoms with Crippen molar-refractivity contribution in [3.05, 3.63) is 0 Å². The summed E-state index contributed by atoms with van der Waals surface area (Å²) in [6, 6.07) is 0. The van der Waals surface area contributed by atoms with E-state index in [0.717, 1.165) is 6.54 Å². The van der Waals surface area contributed by atoms with Crippen molar-refractivity contribution in [2.75, 3.05) is 20.2 Å².